The van der Waals surface area contributed by atoms with Crippen LogP contribution in [-0.4, -0.2) is 68.2 Å². The molecule has 0 saturated carbocycles. The highest BCUT2D eigenvalue weighted by Crippen LogP contribution is 2.35. The van der Waals surface area contributed by atoms with Crippen LogP contribution in [0, 0.1) is 11.8 Å². The molecule has 3 heterocycles. The summed E-state index contributed by atoms with van der Waals surface area (Å²) in [5.74, 6) is 1.09. The van der Waals surface area contributed by atoms with Crippen LogP contribution in [0.3, 0.4) is 0 Å². The molecule has 0 radical (unpaired) electrons. The number of pyridine rings is 1. The maximum Gasteiger partial charge on any atom is 0.305 e. The molecule has 2 aliphatic heterocycles. The Morgan fingerprint density at radius 3 is 2.54 bits per heavy atom. The first-order valence-corrected chi connectivity index (χ1v) is 12.4. The number of rotatable bonds is 8. The van der Waals surface area contributed by atoms with Gasteiger partial charge in [0.1, 0.15) is 11.9 Å². The Hall–Kier alpha value is -2.71. The SMILES string of the molecule is COc1cc(N2CCC(Oc3ccc(N4C[C@H](C)[C@@H](OC)[C@@H]4CC(=O)O)cc3)C(C)C2)c(Cl)cn1. The third-order valence-electron chi connectivity index (χ3n) is 7.12. The van der Waals surface area contributed by atoms with E-state index in [1.165, 1.54) is 0 Å². The van der Waals surface area contributed by atoms with Crippen LogP contribution in [0.1, 0.15) is 26.7 Å². The Bertz CT molecular complexity index is 1020. The number of nitrogens with zero attached hydrogens (tertiary/aromatic N) is 3. The molecule has 8 nitrogen and oxygen atoms in total. The van der Waals surface area contributed by atoms with Gasteiger partial charge in [0, 0.05) is 56.8 Å². The van der Waals surface area contributed by atoms with Gasteiger partial charge in [-0.2, -0.15) is 0 Å². The third-order valence-corrected chi connectivity index (χ3v) is 7.41. The number of hydrogen-bond acceptors (Lipinski definition) is 7. The topological polar surface area (TPSA) is 84.4 Å². The minimum absolute atomic E-state index is 0.0462. The monoisotopic (exact) mass is 503 g/mol. The molecule has 4 rings (SSSR count). The Balaban J connectivity index is 1.40. The Kier molecular flexibility index (Phi) is 7.91. The van der Waals surface area contributed by atoms with E-state index in [-0.39, 0.29) is 30.6 Å². The summed E-state index contributed by atoms with van der Waals surface area (Å²) in [5.41, 5.74) is 1.91. The van der Waals surface area contributed by atoms with Crippen LogP contribution in [0.5, 0.6) is 11.6 Å². The minimum Gasteiger partial charge on any atom is -0.490 e. The normalized spacial score (nSPS) is 26.6. The van der Waals surface area contributed by atoms with E-state index in [2.05, 4.69) is 28.6 Å². The standard InChI is InChI=1S/C26H34ClN3O5/c1-16-14-29(21-11-24(33-3)28-13-20(21)27)10-9-23(16)35-19-7-5-18(6-8-19)30-15-17(2)26(34-4)22(30)12-25(31)32/h5-8,11,13,16-17,22-23,26H,9-10,12,14-15H2,1-4H3,(H,31,32)/t16?,17-,22-,23?,26+/m0/s1. The lowest BCUT2D eigenvalue weighted by molar-refractivity contribution is -0.138. The van der Waals surface area contributed by atoms with Gasteiger partial charge in [-0.1, -0.05) is 25.4 Å². The zero-order valence-electron chi connectivity index (χ0n) is 20.7. The summed E-state index contributed by atoms with van der Waals surface area (Å²) in [6, 6.07) is 9.65. The average molecular weight is 504 g/mol. The second-order valence-electron chi connectivity index (χ2n) is 9.54. The van der Waals surface area contributed by atoms with Gasteiger partial charge in [-0.05, 0) is 24.3 Å². The van der Waals surface area contributed by atoms with E-state index >= 15 is 0 Å². The van der Waals surface area contributed by atoms with Gasteiger partial charge in [-0.3, -0.25) is 4.79 Å². The number of ether oxygens (including phenoxy) is 3. The van der Waals surface area contributed by atoms with Crippen LogP contribution in [-0.2, 0) is 9.53 Å². The number of benzene rings is 1. The minimum atomic E-state index is -0.817. The van der Waals surface area contributed by atoms with E-state index in [0.717, 1.165) is 43.2 Å². The molecule has 0 spiro atoms. The van der Waals surface area contributed by atoms with Gasteiger partial charge in [-0.15, -0.1) is 0 Å². The van der Waals surface area contributed by atoms with Gasteiger partial charge in [0.2, 0.25) is 5.88 Å². The van der Waals surface area contributed by atoms with E-state index in [1.807, 2.05) is 30.3 Å². The Labute approximate surface area is 211 Å². The molecule has 2 saturated heterocycles. The van der Waals surface area contributed by atoms with Crippen molar-refractivity contribution in [1.82, 2.24) is 4.98 Å². The largest absolute Gasteiger partial charge is 0.490 e. The number of anilines is 2. The fraction of sp³-hybridized carbons (Fsp3) is 0.538. The number of halogens is 1. The zero-order chi connectivity index (χ0) is 25.1. The van der Waals surface area contributed by atoms with Crippen molar-refractivity contribution >= 4 is 28.9 Å². The highest BCUT2D eigenvalue weighted by molar-refractivity contribution is 6.33. The Morgan fingerprint density at radius 2 is 1.91 bits per heavy atom. The molecule has 2 unspecified atom stereocenters. The Morgan fingerprint density at radius 1 is 1.17 bits per heavy atom. The van der Waals surface area contributed by atoms with Crippen LogP contribution in [0.25, 0.3) is 0 Å². The van der Waals surface area contributed by atoms with Crippen LogP contribution in [0.2, 0.25) is 5.02 Å². The second kappa shape index (κ2) is 10.9. The molecular formula is C26H34ClN3O5. The second-order valence-corrected chi connectivity index (χ2v) is 9.94. The number of hydrogen-bond donors (Lipinski definition) is 1. The molecule has 35 heavy (non-hydrogen) atoms. The quantitative estimate of drug-likeness (QED) is 0.569. The molecule has 2 fully saturated rings. The molecule has 1 aromatic carbocycles. The van der Waals surface area contributed by atoms with Gasteiger partial charge in [0.15, 0.2) is 0 Å². The first-order valence-electron chi connectivity index (χ1n) is 12.0. The van der Waals surface area contributed by atoms with Crippen LogP contribution in [0.4, 0.5) is 11.4 Å². The summed E-state index contributed by atoms with van der Waals surface area (Å²) >= 11 is 6.40. The predicted molar refractivity (Wildman–Crippen MR) is 136 cm³/mol. The number of aromatic nitrogens is 1. The number of carbonyl (C=O) groups is 1. The number of methoxy groups -OCH3 is 2. The summed E-state index contributed by atoms with van der Waals surface area (Å²) in [5, 5.41) is 10.0. The van der Waals surface area contributed by atoms with Crippen molar-refractivity contribution in [3.8, 4) is 11.6 Å². The van der Waals surface area contributed by atoms with E-state index in [1.54, 1.807) is 20.4 Å². The van der Waals surface area contributed by atoms with Crippen molar-refractivity contribution in [2.45, 2.75) is 44.9 Å². The van der Waals surface area contributed by atoms with Crippen molar-refractivity contribution in [3.63, 3.8) is 0 Å². The molecule has 0 aliphatic carbocycles. The summed E-state index contributed by atoms with van der Waals surface area (Å²) in [7, 11) is 3.25. The number of aliphatic carboxylic acids is 1. The van der Waals surface area contributed by atoms with Crippen molar-refractivity contribution in [1.29, 1.82) is 0 Å². The molecule has 5 atom stereocenters. The van der Waals surface area contributed by atoms with Gasteiger partial charge in [0.05, 0.1) is 42.6 Å². The molecule has 9 heteroatoms. The first-order chi connectivity index (χ1) is 16.8. The lowest BCUT2D eigenvalue weighted by Crippen LogP contribution is -2.44. The molecule has 2 aromatic rings. The van der Waals surface area contributed by atoms with Gasteiger partial charge >= 0.3 is 5.97 Å². The summed E-state index contributed by atoms with van der Waals surface area (Å²) in [6.45, 7) is 6.68. The van der Waals surface area contributed by atoms with E-state index in [0.29, 0.717) is 16.8 Å². The predicted octanol–water partition coefficient (Wildman–Crippen LogP) is 4.35. The lowest BCUT2D eigenvalue weighted by Gasteiger charge is -2.38. The fourth-order valence-electron chi connectivity index (χ4n) is 5.37. The van der Waals surface area contributed by atoms with Crippen LogP contribution in [0.15, 0.2) is 36.5 Å². The molecule has 1 N–H and O–H groups in total. The van der Waals surface area contributed by atoms with Crippen LogP contribution >= 0.6 is 11.6 Å². The number of piperidine rings is 1. The van der Waals surface area contributed by atoms with Crippen molar-refractivity contribution in [3.05, 3.63) is 41.6 Å². The molecule has 190 valence electrons. The maximum absolute atomic E-state index is 11.4. The fourth-order valence-corrected chi connectivity index (χ4v) is 5.59. The average Bonchev–Trinajstić information content (AvgIpc) is 3.15. The number of carboxylic acid groups (broad SMARTS) is 1. The van der Waals surface area contributed by atoms with E-state index < -0.39 is 5.97 Å². The summed E-state index contributed by atoms with van der Waals surface area (Å²) in [6.07, 6.45) is 2.52. The molecule has 1 aromatic heterocycles. The molecule has 0 amide bonds. The molecule has 2 aliphatic rings. The summed E-state index contributed by atoms with van der Waals surface area (Å²) in [4.78, 5) is 20.0. The van der Waals surface area contributed by atoms with Crippen molar-refractivity contribution in [2.24, 2.45) is 11.8 Å². The van der Waals surface area contributed by atoms with Crippen molar-refractivity contribution in [2.75, 3.05) is 43.7 Å². The van der Waals surface area contributed by atoms with Crippen molar-refractivity contribution < 1.29 is 24.1 Å². The summed E-state index contributed by atoms with van der Waals surface area (Å²) < 4.78 is 17.3. The molecule has 0 bridgehead atoms. The molecular weight excluding hydrogens is 470 g/mol. The highest BCUT2D eigenvalue weighted by atomic mass is 35.5. The van der Waals surface area contributed by atoms with E-state index in [9.17, 15) is 9.90 Å². The maximum atomic E-state index is 11.4. The van der Waals surface area contributed by atoms with Gasteiger partial charge in [0.25, 0.3) is 0 Å². The van der Waals surface area contributed by atoms with E-state index in [4.69, 9.17) is 25.8 Å². The number of carboxylic acids is 1. The third kappa shape index (κ3) is 5.59. The van der Waals surface area contributed by atoms with Crippen LogP contribution < -0.4 is 19.3 Å². The highest BCUT2D eigenvalue weighted by Gasteiger charge is 2.41. The smallest absolute Gasteiger partial charge is 0.305 e. The zero-order valence-corrected chi connectivity index (χ0v) is 21.4. The first kappa shape index (κ1) is 25.4. The van der Waals surface area contributed by atoms with Gasteiger partial charge in [-0.25, -0.2) is 4.98 Å². The van der Waals surface area contributed by atoms with Gasteiger partial charge < -0.3 is 29.1 Å². The lowest BCUT2D eigenvalue weighted by atomic mass is 9.96.